The normalized spacial score (nSPS) is 18.0. The molecule has 0 atom stereocenters. The summed E-state index contributed by atoms with van der Waals surface area (Å²) in [7, 11) is -3.77. The van der Waals surface area contributed by atoms with Crippen LogP contribution in [0.3, 0.4) is 0 Å². The van der Waals surface area contributed by atoms with Gasteiger partial charge in [-0.1, -0.05) is 44.0 Å². The van der Waals surface area contributed by atoms with Crippen molar-refractivity contribution in [3.63, 3.8) is 0 Å². The number of nitrogens with one attached hydrogen (secondary N) is 1. The Bertz CT molecular complexity index is 979. The van der Waals surface area contributed by atoms with Gasteiger partial charge in [0.15, 0.2) is 0 Å². The molecule has 1 fully saturated rings. The number of anilines is 1. The minimum absolute atomic E-state index is 0.166. The van der Waals surface area contributed by atoms with Gasteiger partial charge >= 0.3 is 0 Å². The minimum atomic E-state index is -3.77. The Hall–Kier alpha value is -2.34. The molecule has 27 heavy (non-hydrogen) atoms. The molecule has 0 aromatic heterocycles. The molecule has 6 heteroatoms. The van der Waals surface area contributed by atoms with Crippen LogP contribution in [0.4, 0.5) is 5.69 Å². The Morgan fingerprint density at radius 3 is 2.59 bits per heavy atom. The van der Waals surface area contributed by atoms with Crippen LogP contribution in [0, 0.1) is 0 Å². The third-order valence-corrected chi connectivity index (χ3v) is 7.31. The Kier molecular flexibility index (Phi) is 4.68. The summed E-state index contributed by atoms with van der Waals surface area (Å²) < 4.78 is 27.7. The Morgan fingerprint density at radius 2 is 1.85 bits per heavy atom. The molecule has 4 rings (SSSR count). The lowest BCUT2D eigenvalue weighted by Gasteiger charge is -2.32. The lowest BCUT2D eigenvalue weighted by Crippen LogP contribution is -2.44. The molecule has 0 unspecified atom stereocenters. The number of sulfonamides is 1. The quantitative estimate of drug-likeness (QED) is 0.878. The van der Waals surface area contributed by atoms with E-state index >= 15 is 0 Å². The van der Waals surface area contributed by atoms with Crippen LogP contribution in [-0.2, 0) is 21.2 Å². The number of rotatable bonds is 4. The molecule has 0 radical (unpaired) electrons. The maximum atomic E-state index is 13.2. The largest absolute Gasteiger partial charge is 0.352 e. The molecule has 0 spiro atoms. The standard InChI is InChI=1S/C21H24N2O3S/c1-2-15-11-12-19-18(13-15)17-9-5-6-10-20(17)27(25,26)23(19)14-21(24)22-16-7-3-4-8-16/h5-6,9-13,16H,2-4,7-8,14H2,1H3,(H,22,24). The molecule has 2 aliphatic rings. The summed E-state index contributed by atoms with van der Waals surface area (Å²) in [4.78, 5) is 12.8. The van der Waals surface area contributed by atoms with Gasteiger partial charge in [-0.05, 0) is 43.0 Å². The van der Waals surface area contributed by atoms with E-state index in [1.54, 1.807) is 12.1 Å². The summed E-state index contributed by atoms with van der Waals surface area (Å²) >= 11 is 0. The molecule has 142 valence electrons. The van der Waals surface area contributed by atoms with Crippen LogP contribution in [0.1, 0.15) is 38.2 Å². The number of aryl methyl sites for hydroxylation is 1. The molecule has 0 bridgehead atoms. The van der Waals surface area contributed by atoms with E-state index in [0.29, 0.717) is 11.3 Å². The summed E-state index contributed by atoms with van der Waals surface area (Å²) in [6.45, 7) is 1.88. The van der Waals surface area contributed by atoms with E-state index in [1.807, 2.05) is 30.3 Å². The van der Waals surface area contributed by atoms with Crippen molar-refractivity contribution in [2.75, 3.05) is 10.8 Å². The lowest BCUT2D eigenvalue weighted by atomic mass is 9.99. The molecule has 2 aromatic rings. The number of benzene rings is 2. The van der Waals surface area contributed by atoms with Gasteiger partial charge in [0.1, 0.15) is 6.54 Å². The summed E-state index contributed by atoms with van der Waals surface area (Å²) in [6.07, 6.45) is 5.03. The molecule has 1 aliphatic carbocycles. The predicted molar refractivity (Wildman–Crippen MR) is 106 cm³/mol. The van der Waals surface area contributed by atoms with Crippen molar-refractivity contribution in [3.8, 4) is 11.1 Å². The third-order valence-electron chi connectivity index (χ3n) is 5.49. The van der Waals surface area contributed by atoms with Crippen LogP contribution >= 0.6 is 0 Å². The maximum Gasteiger partial charge on any atom is 0.265 e. The summed E-state index contributed by atoms with van der Waals surface area (Å²) in [5, 5.41) is 3.00. The van der Waals surface area contributed by atoms with Crippen molar-refractivity contribution in [1.29, 1.82) is 0 Å². The maximum absolute atomic E-state index is 13.2. The number of carbonyl (C=O) groups is 1. The highest BCUT2D eigenvalue weighted by molar-refractivity contribution is 7.93. The van der Waals surface area contributed by atoms with Crippen LogP contribution in [0.2, 0.25) is 0 Å². The van der Waals surface area contributed by atoms with Gasteiger partial charge in [0, 0.05) is 17.2 Å². The Labute approximate surface area is 160 Å². The molecular formula is C21H24N2O3S. The van der Waals surface area contributed by atoms with Crippen LogP contribution in [-0.4, -0.2) is 26.9 Å². The minimum Gasteiger partial charge on any atom is -0.352 e. The fourth-order valence-corrected chi connectivity index (χ4v) is 5.69. The Morgan fingerprint density at radius 1 is 1.11 bits per heavy atom. The topological polar surface area (TPSA) is 66.5 Å². The first-order valence-corrected chi connectivity index (χ1v) is 11.0. The molecule has 1 heterocycles. The van der Waals surface area contributed by atoms with Gasteiger partial charge in [-0.25, -0.2) is 8.42 Å². The zero-order valence-electron chi connectivity index (χ0n) is 15.4. The van der Waals surface area contributed by atoms with Gasteiger partial charge in [-0.2, -0.15) is 0 Å². The van der Waals surface area contributed by atoms with Gasteiger partial charge in [0.25, 0.3) is 10.0 Å². The molecule has 1 saturated carbocycles. The highest BCUT2D eigenvalue weighted by Gasteiger charge is 2.36. The monoisotopic (exact) mass is 384 g/mol. The number of amides is 1. The zero-order valence-corrected chi connectivity index (χ0v) is 16.3. The first kappa shape index (κ1) is 18.0. The van der Waals surface area contributed by atoms with E-state index in [2.05, 4.69) is 12.2 Å². The van der Waals surface area contributed by atoms with E-state index < -0.39 is 10.0 Å². The fraction of sp³-hybridized carbons (Fsp3) is 0.381. The van der Waals surface area contributed by atoms with Gasteiger partial charge in [0.2, 0.25) is 5.91 Å². The second-order valence-corrected chi connectivity index (χ2v) is 9.09. The summed E-state index contributed by atoms with van der Waals surface area (Å²) in [5.74, 6) is -0.240. The average molecular weight is 385 g/mol. The second-order valence-electron chi connectivity index (χ2n) is 7.26. The lowest BCUT2D eigenvalue weighted by molar-refractivity contribution is -0.120. The van der Waals surface area contributed by atoms with Crippen molar-refractivity contribution in [1.82, 2.24) is 5.32 Å². The highest BCUT2D eigenvalue weighted by atomic mass is 32.2. The van der Waals surface area contributed by atoms with Crippen LogP contribution in [0.25, 0.3) is 11.1 Å². The summed E-state index contributed by atoms with van der Waals surface area (Å²) in [5.41, 5.74) is 3.29. The van der Waals surface area contributed by atoms with Gasteiger partial charge in [-0.15, -0.1) is 0 Å². The summed E-state index contributed by atoms with van der Waals surface area (Å²) in [6, 6.07) is 13.0. The predicted octanol–water partition coefficient (Wildman–Crippen LogP) is 3.48. The molecule has 1 aliphatic heterocycles. The molecule has 5 nitrogen and oxygen atoms in total. The van der Waals surface area contributed by atoms with E-state index in [-0.39, 0.29) is 23.4 Å². The van der Waals surface area contributed by atoms with Crippen molar-refractivity contribution < 1.29 is 13.2 Å². The van der Waals surface area contributed by atoms with Crippen molar-refractivity contribution in [3.05, 3.63) is 48.0 Å². The molecule has 2 aromatic carbocycles. The van der Waals surface area contributed by atoms with E-state index in [1.165, 1.54) is 4.31 Å². The second kappa shape index (κ2) is 7.00. The fourth-order valence-electron chi connectivity index (χ4n) is 4.04. The number of nitrogens with zero attached hydrogens (tertiary/aromatic N) is 1. The van der Waals surface area contributed by atoms with Gasteiger partial charge < -0.3 is 5.32 Å². The number of hydrogen-bond donors (Lipinski definition) is 1. The molecule has 1 amide bonds. The van der Waals surface area contributed by atoms with Crippen LogP contribution < -0.4 is 9.62 Å². The van der Waals surface area contributed by atoms with Crippen LogP contribution in [0.15, 0.2) is 47.4 Å². The highest BCUT2D eigenvalue weighted by Crippen LogP contribution is 2.43. The van der Waals surface area contributed by atoms with E-state index in [0.717, 1.165) is 43.2 Å². The first-order chi connectivity index (χ1) is 13.0. The molecular weight excluding hydrogens is 360 g/mol. The average Bonchev–Trinajstić information content (AvgIpc) is 3.18. The van der Waals surface area contributed by atoms with Crippen molar-refractivity contribution in [2.24, 2.45) is 0 Å². The van der Waals surface area contributed by atoms with Crippen molar-refractivity contribution in [2.45, 2.75) is 50.0 Å². The van der Waals surface area contributed by atoms with Gasteiger partial charge in [0.05, 0.1) is 10.6 Å². The van der Waals surface area contributed by atoms with E-state index in [4.69, 9.17) is 0 Å². The van der Waals surface area contributed by atoms with Crippen molar-refractivity contribution >= 4 is 21.6 Å². The van der Waals surface area contributed by atoms with Gasteiger partial charge in [-0.3, -0.25) is 9.10 Å². The third kappa shape index (κ3) is 3.23. The molecule has 1 N–H and O–H groups in total. The van der Waals surface area contributed by atoms with E-state index in [9.17, 15) is 13.2 Å². The smallest absolute Gasteiger partial charge is 0.265 e. The SMILES string of the molecule is CCc1ccc2c(c1)-c1ccccc1S(=O)(=O)N2CC(=O)NC1CCCC1. The Balaban J connectivity index is 1.74. The number of fused-ring (bicyclic) bond motifs is 3. The number of hydrogen-bond acceptors (Lipinski definition) is 3. The number of carbonyl (C=O) groups excluding carboxylic acids is 1. The van der Waals surface area contributed by atoms with Crippen LogP contribution in [0.5, 0.6) is 0 Å². The zero-order chi connectivity index (χ0) is 19.0. The molecule has 0 saturated heterocycles. The first-order valence-electron chi connectivity index (χ1n) is 9.55.